The Labute approximate surface area is 237 Å². The molecule has 0 bridgehead atoms. The molecule has 4 aromatic rings. The molecule has 0 radical (unpaired) electrons. The van der Waals surface area contributed by atoms with Gasteiger partial charge < -0.3 is 15.5 Å². The summed E-state index contributed by atoms with van der Waals surface area (Å²) in [4.78, 5) is 44.1. The molecule has 2 amide bonds. The van der Waals surface area contributed by atoms with Gasteiger partial charge in [0.2, 0.25) is 0 Å². The predicted molar refractivity (Wildman–Crippen MR) is 153 cm³/mol. The lowest BCUT2D eigenvalue weighted by Gasteiger charge is -2.29. The Kier molecular flexibility index (Phi) is 8.41. The van der Waals surface area contributed by atoms with Crippen LogP contribution in [0.5, 0.6) is 0 Å². The Balaban J connectivity index is 1.41. The molecular weight excluding hydrogens is 520 g/mol. The summed E-state index contributed by atoms with van der Waals surface area (Å²) in [6.07, 6.45) is 0.691. The Morgan fingerprint density at radius 2 is 1.34 bits per heavy atom. The van der Waals surface area contributed by atoms with Gasteiger partial charge >= 0.3 is 18.0 Å². The molecule has 4 aromatic carbocycles. The van der Waals surface area contributed by atoms with Crippen LogP contribution in [0, 0.1) is 0 Å². The van der Waals surface area contributed by atoms with Crippen LogP contribution < -0.4 is 5.32 Å². The van der Waals surface area contributed by atoms with Crippen molar-refractivity contribution in [1.82, 2.24) is 10.4 Å². The summed E-state index contributed by atoms with van der Waals surface area (Å²) < 4.78 is 0. The maximum Gasteiger partial charge on any atom is 0.342 e. The second kappa shape index (κ2) is 12.5. The summed E-state index contributed by atoms with van der Waals surface area (Å²) in [7, 11) is 0. The van der Waals surface area contributed by atoms with Crippen molar-refractivity contribution in [3.8, 4) is 11.1 Å². The van der Waals surface area contributed by atoms with E-state index in [9.17, 15) is 24.6 Å². The van der Waals surface area contributed by atoms with Gasteiger partial charge in [-0.3, -0.25) is 4.84 Å². The number of nitrogens with one attached hydrogen (secondary N) is 1. The molecule has 0 saturated heterocycles. The molecule has 8 heteroatoms. The number of aliphatic carboxylic acids is 2. The minimum atomic E-state index is -1.41. The summed E-state index contributed by atoms with van der Waals surface area (Å²) in [5.74, 6) is -2.51. The first-order chi connectivity index (χ1) is 19.9. The molecule has 41 heavy (non-hydrogen) atoms. The largest absolute Gasteiger partial charge is 0.480 e. The van der Waals surface area contributed by atoms with E-state index in [1.54, 1.807) is 48.5 Å². The SMILES string of the molecule is O=C(O)[C@H](Cc1ccccc1)NC(=O)N(OCc1cccc2c1Cc1ccccc1-2)[C@@H](Cc1ccccc1)C(=O)O. The fourth-order valence-corrected chi connectivity index (χ4v) is 5.16. The number of fused-ring (bicyclic) bond motifs is 3. The van der Waals surface area contributed by atoms with Crippen LogP contribution in [0.2, 0.25) is 0 Å². The van der Waals surface area contributed by atoms with E-state index < -0.39 is 30.1 Å². The molecular formula is C33H30N2O6. The lowest BCUT2D eigenvalue weighted by Crippen LogP contribution is -2.54. The van der Waals surface area contributed by atoms with Gasteiger partial charge in [-0.15, -0.1) is 0 Å². The number of amides is 2. The number of benzene rings is 4. The Bertz CT molecular complexity index is 1540. The number of carboxylic acids is 2. The van der Waals surface area contributed by atoms with Crippen molar-refractivity contribution in [3.05, 3.63) is 131 Å². The fourth-order valence-electron chi connectivity index (χ4n) is 5.16. The first kappa shape index (κ1) is 27.6. The Morgan fingerprint density at radius 1 is 0.732 bits per heavy atom. The van der Waals surface area contributed by atoms with Gasteiger partial charge in [-0.2, -0.15) is 5.06 Å². The van der Waals surface area contributed by atoms with Crippen LogP contribution in [0.1, 0.15) is 27.8 Å². The van der Waals surface area contributed by atoms with Crippen molar-refractivity contribution in [2.24, 2.45) is 0 Å². The number of nitrogens with zero attached hydrogens (tertiary/aromatic N) is 1. The number of hydrogen-bond donors (Lipinski definition) is 3. The van der Waals surface area contributed by atoms with Crippen molar-refractivity contribution < 1.29 is 29.4 Å². The third-order valence-corrected chi connectivity index (χ3v) is 7.23. The van der Waals surface area contributed by atoms with E-state index in [-0.39, 0.29) is 19.4 Å². The standard InChI is InChI=1S/C33H30N2O6/c36-31(37)29(18-22-10-3-1-4-11-22)34-33(40)35(30(32(38)39)19-23-12-5-2-6-13-23)41-21-25-15-9-17-27-26-16-8-7-14-24(26)20-28(25)27/h1-17,29-30H,18-21H2,(H,34,40)(H,36,37)(H,38,39)/t29-,30-/m0/s1. The van der Waals surface area contributed by atoms with Gasteiger partial charge in [0.25, 0.3) is 0 Å². The quantitative estimate of drug-likeness (QED) is 0.197. The van der Waals surface area contributed by atoms with Crippen LogP contribution in [0.25, 0.3) is 11.1 Å². The molecule has 2 atom stereocenters. The smallest absolute Gasteiger partial charge is 0.342 e. The minimum Gasteiger partial charge on any atom is -0.480 e. The molecule has 8 nitrogen and oxygen atoms in total. The molecule has 1 aliphatic rings. The van der Waals surface area contributed by atoms with Crippen molar-refractivity contribution in [2.45, 2.75) is 38.0 Å². The van der Waals surface area contributed by atoms with Crippen molar-refractivity contribution in [1.29, 1.82) is 0 Å². The average molecular weight is 551 g/mol. The molecule has 0 aromatic heterocycles. The van der Waals surface area contributed by atoms with Gasteiger partial charge in [0, 0.05) is 12.8 Å². The molecule has 0 saturated carbocycles. The number of urea groups is 1. The number of carbonyl (C=O) groups excluding carboxylic acids is 1. The number of carboxylic acid groups (broad SMARTS) is 2. The molecule has 0 aliphatic heterocycles. The second-order valence-electron chi connectivity index (χ2n) is 9.95. The Morgan fingerprint density at radius 3 is 2.00 bits per heavy atom. The number of rotatable bonds is 11. The molecule has 3 N–H and O–H groups in total. The van der Waals surface area contributed by atoms with Crippen LogP contribution >= 0.6 is 0 Å². The van der Waals surface area contributed by atoms with E-state index in [1.807, 2.05) is 42.5 Å². The zero-order valence-electron chi connectivity index (χ0n) is 22.3. The van der Waals surface area contributed by atoms with E-state index in [2.05, 4.69) is 17.4 Å². The summed E-state index contributed by atoms with van der Waals surface area (Å²) in [6, 6.07) is 28.1. The molecule has 5 rings (SSSR count). The highest BCUT2D eigenvalue weighted by molar-refractivity contribution is 5.86. The lowest BCUT2D eigenvalue weighted by atomic mass is 10.0. The Hall–Kier alpha value is -4.95. The minimum absolute atomic E-state index is 0.0244. The normalized spacial score (nSPS) is 13.0. The maximum atomic E-state index is 13.6. The topological polar surface area (TPSA) is 116 Å². The van der Waals surface area contributed by atoms with Gasteiger partial charge in [0.05, 0.1) is 0 Å². The maximum absolute atomic E-state index is 13.6. The monoisotopic (exact) mass is 550 g/mol. The summed E-state index contributed by atoms with van der Waals surface area (Å²) in [6.45, 7) is -0.0699. The third-order valence-electron chi connectivity index (χ3n) is 7.23. The number of hydrogen-bond acceptors (Lipinski definition) is 4. The highest BCUT2D eigenvalue weighted by Crippen LogP contribution is 2.38. The number of hydroxylamine groups is 2. The molecule has 0 fully saturated rings. The van der Waals surface area contributed by atoms with E-state index in [4.69, 9.17) is 4.84 Å². The van der Waals surface area contributed by atoms with Crippen LogP contribution in [-0.2, 0) is 40.3 Å². The lowest BCUT2D eigenvalue weighted by molar-refractivity contribution is -0.179. The zero-order chi connectivity index (χ0) is 28.8. The van der Waals surface area contributed by atoms with Gasteiger partial charge in [-0.1, -0.05) is 103 Å². The van der Waals surface area contributed by atoms with Gasteiger partial charge in [-0.05, 0) is 45.4 Å². The van der Waals surface area contributed by atoms with Crippen LogP contribution in [0.15, 0.2) is 103 Å². The van der Waals surface area contributed by atoms with Gasteiger partial charge in [-0.25, -0.2) is 14.4 Å². The third kappa shape index (κ3) is 6.45. The van der Waals surface area contributed by atoms with Gasteiger partial charge in [0.15, 0.2) is 6.04 Å². The highest BCUT2D eigenvalue weighted by Gasteiger charge is 2.34. The summed E-state index contributed by atoms with van der Waals surface area (Å²) >= 11 is 0. The summed E-state index contributed by atoms with van der Waals surface area (Å²) in [5.41, 5.74) is 6.67. The van der Waals surface area contributed by atoms with E-state index in [0.29, 0.717) is 17.5 Å². The van der Waals surface area contributed by atoms with Crippen molar-refractivity contribution in [2.75, 3.05) is 0 Å². The average Bonchev–Trinajstić information content (AvgIpc) is 3.37. The van der Waals surface area contributed by atoms with E-state index in [0.717, 1.165) is 27.3 Å². The first-order valence-electron chi connectivity index (χ1n) is 13.4. The van der Waals surface area contributed by atoms with Crippen LogP contribution in [0.4, 0.5) is 4.79 Å². The summed E-state index contributed by atoms with van der Waals surface area (Å²) in [5, 5.41) is 23.3. The highest BCUT2D eigenvalue weighted by atomic mass is 16.7. The van der Waals surface area contributed by atoms with Gasteiger partial charge in [0.1, 0.15) is 12.6 Å². The van der Waals surface area contributed by atoms with Crippen LogP contribution in [-0.4, -0.2) is 45.3 Å². The molecule has 0 spiro atoms. The molecule has 1 aliphatic carbocycles. The van der Waals surface area contributed by atoms with Crippen molar-refractivity contribution in [3.63, 3.8) is 0 Å². The number of carbonyl (C=O) groups is 3. The zero-order valence-corrected chi connectivity index (χ0v) is 22.3. The molecule has 0 heterocycles. The predicted octanol–water partition coefficient (Wildman–Crippen LogP) is 5.09. The second-order valence-corrected chi connectivity index (χ2v) is 9.95. The van der Waals surface area contributed by atoms with Crippen molar-refractivity contribution >= 4 is 18.0 Å². The van der Waals surface area contributed by atoms with Crippen LogP contribution in [0.3, 0.4) is 0 Å². The molecule has 208 valence electrons. The van der Waals surface area contributed by atoms with E-state index in [1.165, 1.54) is 5.56 Å². The first-order valence-corrected chi connectivity index (χ1v) is 13.4. The fraction of sp³-hybridized carbons (Fsp3) is 0.182. The molecule has 0 unspecified atom stereocenters. The van der Waals surface area contributed by atoms with E-state index >= 15 is 0 Å².